The second-order valence-electron chi connectivity index (χ2n) is 4.60. The minimum atomic E-state index is -0.416. The van der Waals surface area contributed by atoms with E-state index in [1.54, 1.807) is 7.11 Å². The number of rotatable bonds is 8. The molecule has 1 rings (SSSR count). The molecule has 0 aliphatic heterocycles. The van der Waals surface area contributed by atoms with E-state index in [4.69, 9.17) is 10.5 Å². The number of benzene rings is 1. The lowest BCUT2D eigenvalue weighted by Crippen LogP contribution is -2.28. The Kier molecular flexibility index (Phi) is 6.45. The van der Waals surface area contributed by atoms with E-state index in [1.807, 2.05) is 31.2 Å². The number of nitrogens with two attached hydrogens (primary N) is 1. The molecule has 0 spiro atoms. The van der Waals surface area contributed by atoms with Crippen LogP contribution in [0.4, 0.5) is 4.39 Å². The van der Waals surface area contributed by atoms with Crippen molar-refractivity contribution in [3.05, 3.63) is 35.4 Å². The Morgan fingerprint density at radius 1 is 1.42 bits per heavy atom. The zero-order chi connectivity index (χ0) is 14.3. The maximum Gasteiger partial charge on any atom is 0.231 e. The number of halogens is 1. The molecule has 0 fully saturated rings. The number of ether oxygens (including phenoxy) is 1. The number of carbonyl (C=O) groups is 1. The van der Waals surface area contributed by atoms with E-state index in [0.29, 0.717) is 6.54 Å². The Balaban J connectivity index is 2.61. The summed E-state index contributed by atoms with van der Waals surface area (Å²) in [6.07, 6.45) is -0.238. The molecule has 1 aromatic carbocycles. The number of hydrogen-bond donors (Lipinski definition) is 2. The highest BCUT2D eigenvalue weighted by Crippen LogP contribution is 2.25. The number of amides is 1. The van der Waals surface area contributed by atoms with Crippen LogP contribution in [0.25, 0.3) is 0 Å². The van der Waals surface area contributed by atoms with Gasteiger partial charge in [-0.15, -0.1) is 0 Å². The molecule has 5 heteroatoms. The summed E-state index contributed by atoms with van der Waals surface area (Å²) in [6, 6.07) is 7.70. The fraction of sp³-hybridized carbons (Fsp3) is 0.500. The number of carbonyl (C=O) groups excluding carboxylic acids is 1. The summed E-state index contributed by atoms with van der Waals surface area (Å²) >= 11 is 0. The van der Waals surface area contributed by atoms with Gasteiger partial charge in [0.05, 0.1) is 19.3 Å². The number of methoxy groups -OCH3 is 1. The zero-order valence-electron chi connectivity index (χ0n) is 11.4. The number of primary amides is 1. The van der Waals surface area contributed by atoms with Crippen molar-refractivity contribution in [2.75, 3.05) is 20.3 Å². The average Bonchev–Trinajstić information content (AvgIpc) is 2.40. The quantitative estimate of drug-likeness (QED) is 0.752. The summed E-state index contributed by atoms with van der Waals surface area (Å²) in [6.45, 7) is 2.12. The van der Waals surface area contributed by atoms with Crippen LogP contribution in [0.3, 0.4) is 0 Å². The van der Waals surface area contributed by atoms with Gasteiger partial charge in [-0.05, 0) is 11.1 Å². The maximum absolute atomic E-state index is 12.7. The highest BCUT2D eigenvalue weighted by molar-refractivity contribution is 5.75. The van der Waals surface area contributed by atoms with Crippen molar-refractivity contribution in [2.45, 2.75) is 19.6 Å². The summed E-state index contributed by atoms with van der Waals surface area (Å²) in [4.78, 5) is 10.6. The Hall–Kier alpha value is -1.46. The summed E-state index contributed by atoms with van der Waals surface area (Å²) in [5.41, 5.74) is 7.02. The number of nitrogens with one attached hydrogen (secondary N) is 1. The first kappa shape index (κ1) is 15.6. The molecule has 106 valence electrons. The van der Waals surface area contributed by atoms with Gasteiger partial charge in [0.1, 0.15) is 0 Å². The normalized spacial score (nSPS) is 14.1. The van der Waals surface area contributed by atoms with Crippen LogP contribution in [0.15, 0.2) is 24.3 Å². The molecule has 0 aliphatic rings. The van der Waals surface area contributed by atoms with Gasteiger partial charge in [-0.25, -0.2) is 0 Å². The largest absolute Gasteiger partial charge is 0.376 e. The average molecular weight is 268 g/mol. The van der Waals surface area contributed by atoms with Crippen LogP contribution in [-0.4, -0.2) is 26.2 Å². The van der Waals surface area contributed by atoms with Gasteiger partial charge in [0.2, 0.25) is 5.91 Å². The summed E-state index contributed by atoms with van der Waals surface area (Å²) in [7, 11) is 1.58. The van der Waals surface area contributed by atoms with Crippen molar-refractivity contribution < 1.29 is 13.9 Å². The second-order valence-corrected chi connectivity index (χ2v) is 4.60. The van der Waals surface area contributed by atoms with Gasteiger partial charge in [-0.1, -0.05) is 31.2 Å². The van der Waals surface area contributed by atoms with Gasteiger partial charge in [-0.3, -0.25) is 9.18 Å². The van der Waals surface area contributed by atoms with Crippen LogP contribution in [0.5, 0.6) is 0 Å². The first-order chi connectivity index (χ1) is 9.08. The van der Waals surface area contributed by atoms with Gasteiger partial charge in [0, 0.05) is 19.6 Å². The van der Waals surface area contributed by atoms with Gasteiger partial charge in [-0.2, -0.15) is 0 Å². The van der Waals surface area contributed by atoms with E-state index < -0.39 is 6.67 Å². The van der Waals surface area contributed by atoms with E-state index in [0.717, 1.165) is 11.1 Å². The summed E-state index contributed by atoms with van der Waals surface area (Å²) in [5.74, 6) is -0.559. The molecule has 0 saturated heterocycles. The van der Waals surface area contributed by atoms with E-state index in [2.05, 4.69) is 5.32 Å². The van der Waals surface area contributed by atoms with E-state index >= 15 is 0 Å². The molecule has 3 N–H and O–H groups in total. The molecule has 0 aliphatic carbocycles. The summed E-state index contributed by atoms with van der Waals surface area (Å²) in [5, 5.41) is 2.93. The molecule has 2 atom stereocenters. The Labute approximate surface area is 113 Å². The lowest BCUT2D eigenvalue weighted by atomic mass is 9.97. The van der Waals surface area contributed by atoms with E-state index in [1.165, 1.54) is 0 Å². The van der Waals surface area contributed by atoms with Crippen molar-refractivity contribution in [1.29, 1.82) is 0 Å². The van der Waals surface area contributed by atoms with Crippen molar-refractivity contribution in [3.63, 3.8) is 0 Å². The Bertz CT molecular complexity index is 395. The third kappa shape index (κ3) is 4.96. The van der Waals surface area contributed by atoms with Gasteiger partial charge in [0.15, 0.2) is 0 Å². The van der Waals surface area contributed by atoms with Crippen LogP contribution in [0, 0.1) is 5.92 Å². The van der Waals surface area contributed by atoms with Crippen molar-refractivity contribution in [1.82, 2.24) is 5.32 Å². The minimum Gasteiger partial charge on any atom is -0.376 e. The molecule has 1 aromatic rings. The summed E-state index contributed by atoms with van der Waals surface area (Å²) < 4.78 is 18.0. The van der Waals surface area contributed by atoms with Crippen molar-refractivity contribution >= 4 is 5.91 Å². The lowest BCUT2D eigenvalue weighted by molar-refractivity contribution is -0.117. The number of alkyl halides is 1. The highest BCUT2D eigenvalue weighted by atomic mass is 19.1. The van der Waals surface area contributed by atoms with Gasteiger partial charge in [0.25, 0.3) is 0 Å². The third-order valence-electron chi connectivity index (χ3n) is 2.95. The first-order valence-electron chi connectivity index (χ1n) is 6.25. The van der Waals surface area contributed by atoms with Crippen molar-refractivity contribution in [2.24, 2.45) is 11.7 Å². The predicted molar refractivity (Wildman–Crippen MR) is 72.2 cm³/mol. The van der Waals surface area contributed by atoms with Crippen molar-refractivity contribution in [3.8, 4) is 0 Å². The molecule has 1 amide bonds. The second kappa shape index (κ2) is 7.86. The topological polar surface area (TPSA) is 64.3 Å². The minimum absolute atomic E-state index is 0.154. The standard InChI is InChI=1S/C14H21FN2O2/c1-10(7-15)14(19-2)12-5-3-11(4-6-12)8-17-9-13(16)18/h3-6,10,14,17H,7-9H2,1-2H3,(H2,16,18). The third-order valence-corrected chi connectivity index (χ3v) is 2.95. The fourth-order valence-corrected chi connectivity index (χ4v) is 1.93. The Morgan fingerprint density at radius 3 is 2.53 bits per heavy atom. The van der Waals surface area contributed by atoms with Crippen LogP contribution in [0.2, 0.25) is 0 Å². The fourth-order valence-electron chi connectivity index (χ4n) is 1.93. The van der Waals surface area contributed by atoms with Crippen LogP contribution < -0.4 is 11.1 Å². The molecule has 4 nitrogen and oxygen atoms in total. The van der Waals surface area contributed by atoms with Gasteiger partial charge >= 0.3 is 0 Å². The first-order valence-corrected chi connectivity index (χ1v) is 6.25. The van der Waals surface area contributed by atoms with Gasteiger partial charge < -0.3 is 15.8 Å². The molecule has 0 aromatic heterocycles. The Morgan fingerprint density at radius 2 is 2.05 bits per heavy atom. The number of hydrogen-bond acceptors (Lipinski definition) is 3. The predicted octanol–water partition coefficient (Wildman–Crippen LogP) is 1.55. The molecule has 0 radical (unpaired) electrons. The molecule has 19 heavy (non-hydrogen) atoms. The van der Waals surface area contributed by atoms with Crippen LogP contribution in [-0.2, 0) is 16.1 Å². The zero-order valence-corrected chi connectivity index (χ0v) is 11.4. The monoisotopic (exact) mass is 268 g/mol. The highest BCUT2D eigenvalue weighted by Gasteiger charge is 2.18. The molecular formula is C14H21FN2O2. The lowest BCUT2D eigenvalue weighted by Gasteiger charge is -2.20. The smallest absolute Gasteiger partial charge is 0.231 e. The van der Waals surface area contributed by atoms with Crippen LogP contribution >= 0.6 is 0 Å². The van der Waals surface area contributed by atoms with E-state index in [9.17, 15) is 9.18 Å². The molecule has 0 heterocycles. The molecule has 0 bridgehead atoms. The molecule has 2 unspecified atom stereocenters. The van der Waals surface area contributed by atoms with Crippen LogP contribution in [0.1, 0.15) is 24.2 Å². The SMILES string of the molecule is COC(c1ccc(CNCC(N)=O)cc1)C(C)CF. The molecule has 0 saturated carbocycles. The maximum atomic E-state index is 12.7. The van der Waals surface area contributed by atoms with E-state index in [-0.39, 0.29) is 24.5 Å². The molecular weight excluding hydrogens is 247 g/mol.